The lowest BCUT2D eigenvalue weighted by molar-refractivity contribution is 1.56. The fourth-order valence-electron chi connectivity index (χ4n) is 7.11. The van der Waals surface area contributed by atoms with Crippen molar-refractivity contribution in [2.24, 2.45) is 0 Å². The average molecular weight is 533 g/mol. The maximum Gasteiger partial charge on any atom is 0.0471 e. The number of hydrogen-bond donors (Lipinski definition) is 2. The Labute approximate surface area is 240 Å². The van der Waals surface area contributed by atoms with Crippen LogP contribution in [-0.4, -0.2) is 9.97 Å². The van der Waals surface area contributed by atoms with Gasteiger partial charge in [0, 0.05) is 43.6 Å². The summed E-state index contributed by atoms with van der Waals surface area (Å²) in [5, 5.41) is 15.2. The van der Waals surface area contributed by atoms with Crippen LogP contribution in [-0.2, 0) is 0 Å². The Morgan fingerprint density at radius 1 is 0.286 bits per heavy atom. The third-order valence-corrected chi connectivity index (χ3v) is 9.20. The van der Waals surface area contributed by atoms with Crippen LogP contribution in [0.5, 0.6) is 0 Å². The third kappa shape index (κ3) is 3.09. The lowest BCUT2D eigenvalue weighted by Gasteiger charge is -2.07. The van der Waals surface area contributed by atoms with Gasteiger partial charge in [0.2, 0.25) is 0 Å². The second kappa shape index (κ2) is 7.99. The first-order valence-corrected chi connectivity index (χ1v) is 14.5. The maximum absolute atomic E-state index is 3.68. The van der Waals surface area contributed by atoms with Gasteiger partial charge in [-0.15, -0.1) is 0 Å². The summed E-state index contributed by atoms with van der Waals surface area (Å²) in [6.45, 7) is 0. The maximum atomic E-state index is 3.68. The molecule has 10 aromatic rings. The number of hydrogen-bond acceptors (Lipinski definition) is 0. The van der Waals surface area contributed by atoms with Crippen LogP contribution in [0.15, 0.2) is 133 Å². The molecule has 2 heterocycles. The van der Waals surface area contributed by atoms with E-state index in [1.54, 1.807) is 0 Å². The topological polar surface area (TPSA) is 31.6 Å². The van der Waals surface area contributed by atoms with Crippen LogP contribution in [0.25, 0.3) is 97.8 Å². The first-order valence-electron chi connectivity index (χ1n) is 14.5. The number of aromatic amines is 2. The minimum Gasteiger partial charge on any atom is -0.354 e. The van der Waals surface area contributed by atoms with Crippen LogP contribution in [0, 0.1) is 0 Å². The van der Waals surface area contributed by atoms with E-state index in [4.69, 9.17) is 0 Å². The van der Waals surface area contributed by atoms with Crippen LogP contribution in [0.2, 0.25) is 0 Å². The summed E-state index contributed by atoms with van der Waals surface area (Å²) in [7, 11) is 0. The summed E-state index contributed by atoms with van der Waals surface area (Å²) in [6.07, 6.45) is 0. The Morgan fingerprint density at radius 2 is 0.762 bits per heavy atom. The van der Waals surface area contributed by atoms with Crippen molar-refractivity contribution in [3.8, 4) is 11.1 Å². The predicted molar refractivity (Wildman–Crippen MR) is 181 cm³/mol. The molecule has 10 rings (SSSR count). The third-order valence-electron chi connectivity index (χ3n) is 9.20. The predicted octanol–water partition coefficient (Wildman–Crippen LogP) is 11.2. The quantitative estimate of drug-likeness (QED) is 0.211. The standard InChI is InChI=1S/C40H24N2/c1-2-7-25-20-37-33(17-24(25)6-1)34-18-28-11-9-26(15-30(28)21-38(34)42-37)27-10-12-29-19-35-39(22-31(29)16-27)41-36-14-13-23-5-3-4-8-32(23)40(35)36/h1-22,41-42H. The molecule has 0 radical (unpaired) electrons. The normalized spacial score (nSPS) is 12.3. The monoisotopic (exact) mass is 532 g/mol. The van der Waals surface area contributed by atoms with E-state index in [2.05, 4.69) is 143 Å². The molecule has 2 nitrogen and oxygen atoms in total. The van der Waals surface area contributed by atoms with Gasteiger partial charge in [-0.25, -0.2) is 0 Å². The minimum atomic E-state index is 1.18. The molecule has 0 fully saturated rings. The van der Waals surface area contributed by atoms with E-state index < -0.39 is 0 Å². The highest BCUT2D eigenvalue weighted by Crippen LogP contribution is 2.37. The Hall–Kier alpha value is -5.60. The number of rotatable bonds is 1. The molecule has 2 aromatic heterocycles. The first-order chi connectivity index (χ1) is 20.7. The van der Waals surface area contributed by atoms with Gasteiger partial charge in [-0.1, -0.05) is 78.9 Å². The molecule has 0 saturated carbocycles. The van der Waals surface area contributed by atoms with Crippen molar-refractivity contribution < 1.29 is 0 Å². The summed E-state index contributed by atoms with van der Waals surface area (Å²) in [4.78, 5) is 7.36. The molecule has 0 unspecified atom stereocenters. The summed E-state index contributed by atoms with van der Waals surface area (Å²) in [6, 6.07) is 49.2. The molecule has 0 aliphatic carbocycles. The highest BCUT2D eigenvalue weighted by Gasteiger charge is 2.12. The molecule has 2 heteroatoms. The van der Waals surface area contributed by atoms with Gasteiger partial charge in [0.25, 0.3) is 0 Å². The number of aromatic nitrogens is 2. The van der Waals surface area contributed by atoms with Crippen molar-refractivity contribution in [2.45, 2.75) is 0 Å². The zero-order valence-corrected chi connectivity index (χ0v) is 22.7. The molecule has 0 aliphatic heterocycles. The van der Waals surface area contributed by atoms with E-state index in [-0.39, 0.29) is 0 Å². The zero-order valence-electron chi connectivity index (χ0n) is 22.7. The van der Waals surface area contributed by atoms with Gasteiger partial charge in [-0.2, -0.15) is 0 Å². The molecule has 0 aliphatic rings. The van der Waals surface area contributed by atoms with Gasteiger partial charge >= 0.3 is 0 Å². The molecule has 0 saturated heterocycles. The van der Waals surface area contributed by atoms with Gasteiger partial charge in [0.05, 0.1) is 0 Å². The Kier molecular flexibility index (Phi) is 4.21. The molecule has 0 bridgehead atoms. The van der Waals surface area contributed by atoms with Crippen molar-refractivity contribution >= 4 is 86.7 Å². The second-order valence-electron chi connectivity index (χ2n) is 11.6. The van der Waals surface area contributed by atoms with E-state index in [1.807, 2.05) is 0 Å². The summed E-state index contributed by atoms with van der Waals surface area (Å²) < 4.78 is 0. The van der Waals surface area contributed by atoms with E-state index in [9.17, 15) is 0 Å². The van der Waals surface area contributed by atoms with Crippen molar-refractivity contribution in [3.63, 3.8) is 0 Å². The molecule has 0 atom stereocenters. The molecule has 0 amide bonds. The highest BCUT2D eigenvalue weighted by molar-refractivity contribution is 6.22. The first kappa shape index (κ1) is 22.1. The van der Waals surface area contributed by atoms with E-state index >= 15 is 0 Å². The second-order valence-corrected chi connectivity index (χ2v) is 11.6. The van der Waals surface area contributed by atoms with Crippen molar-refractivity contribution in [1.82, 2.24) is 9.97 Å². The van der Waals surface area contributed by atoms with Gasteiger partial charge in [-0.05, 0) is 109 Å². The fraction of sp³-hybridized carbons (Fsp3) is 0. The number of H-pyrrole nitrogens is 2. The molecular formula is C40H24N2. The molecule has 0 spiro atoms. The highest BCUT2D eigenvalue weighted by atomic mass is 14.7. The minimum absolute atomic E-state index is 1.18. The van der Waals surface area contributed by atoms with Gasteiger partial charge < -0.3 is 9.97 Å². The van der Waals surface area contributed by atoms with Crippen LogP contribution < -0.4 is 0 Å². The SMILES string of the molecule is c1ccc2cc3c(cc2c1)[nH]c1cc2cc(-c4ccc5cc6c(cc5c4)[nH]c4ccc5ccccc5c46)ccc2cc13. The van der Waals surface area contributed by atoms with Crippen molar-refractivity contribution in [1.29, 1.82) is 0 Å². The lowest BCUT2D eigenvalue weighted by Crippen LogP contribution is -1.82. The number of nitrogens with one attached hydrogen (secondary N) is 2. The van der Waals surface area contributed by atoms with E-state index in [0.29, 0.717) is 0 Å². The van der Waals surface area contributed by atoms with Gasteiger partial charge in [0.1, 0.15) is 0 Å². The fourth-order valence-corrected chi connectivity index (χ4v) is 7.11. The largest absolute Gasteiger partial charge is 0.354 e. The van der Waals surface area contributed by atoms with Crippen LogP contribution in [0.1, 0.15) is 0 Å². The number of fused-ring (bicyclic) bond motifs is 11. The molecule has 8 aromatic carbocycles. The summed E-state index contributed by atoms with van der Waals surface area (Å²) in [5.41, 5.74) is 7.19. The molecule has 194 valence electrons. The van der Waals surface area contributed by atoms with Gasteiger partial charge in [0.15, 0.2) is 0 Å². The summed E-state index contributed by atoms with van der Waals surface area (Å²) in [5.74, 6) is 0. The molecular weight excluding hydrogens is 508 g/mol. The van der Waals surface area contributed by atoms with Crippen LogP contribution in [0.4, 0.5) is 0 Å². The van der Waals surface area contributed by atoms with Crippen molar-refractivity contribution in [3.05, 3.63) is 133 Å². The van der Waals surface area contributed by atoms with Crippen LogP contribution >= 0.6 is 0 Å². The summed E-state index contributed by atoms with van der Waals surface area (Å²) >= 11 is 0. The van der Waals surface area contributed by atoms with Crippen molar-refractivity contribution in [2.75, 3.05) is 0 Å². The van der Waals surface area contributed by atoms with E-state index in [0.717, 1.165) is 0 Å². The molecule has 2 N–H and O–H groups in total. The Balaban J connectivity index is 1.12. The smallest absolute Gasteiger partial charge is 0.0471 e. The molecule has 42 heavy (non-hydrogen) atoms. The Bertz CT molecular complexity index is 2740. The number of benzene rings is 8. The van der Waals surface area contributed by atoms with Gasteiger partial charge in [-0.3, -0.25) is 0 Å². The average Bonchev–Trinajstić information content (AvgIpc) is 3.57. The van der Waals surface area contributed by atoms with Crippen LogP contribution in [0.3, 0.4) is 0 Å². The lowest BCUT2D eigenvalue weighted by atomic mass is 9.96. The van der Waals surface area contributed by atoms with E-state index in [1.165, 1.54) is 97.8 Å². The zero-order chi connectivity index (χ0) is 27.4. The Morgan fingerprint density at radius 3 is 1.45 bits per heavy atom.